The van der Waals surface area contributed by atoms with Gasteiger partial charge in [-0.3, -0.25) is 9.98 Å². The van der Waals surface area contributed by atoms with Gasteiger partial charge < -0.3 is 10.2 Å². The van der Waals surface area contributed by atoms with Gasteiger partial charge in [0, 0.05) is 53.7 Å². The van der Waals surface area contributed by atoms with Crippen molar-refractivity contribution in [1.29, 1.82) is 0 Å². The minimum Gasteiger partial charge on any atom is -0.507 e. The molecule has 5 heteroatoms. The third-order valence-electron chi connectivity index (χ3n) is 2.91. The van der Waals surface area contributed by atoms with E-state index in [9.17, 15) is 10.2 Å². The summed E-state index contributed by atoms with van der Waals surface area (Å²) in [5.74, 6) is 0.470. The van der Waals surface area contributed by atoms with Gasteiger partial charge in [-0.25, -0.2) is 0 Å². The van der Waals surface area contributed by atoms with E-state index in [-0.39, 0.29) is 28.6 Å². The van der Waals surface area contributed by atoms with Crippen LogP contribution in [0.15, 0.2) is 58.5 Å². The summed E-state index contributed by atoms with van der Waals surface area (Å²) in [6.07, 6.45) is 4.15. The van der Waals surface area contributed by atoms with Crippen molar-refractivity contribution < 1.29 is 27.3 Å². The molecular weight excluding hydrogens is 331 g/mol. The Balaban J connectivity index is 0.00000242. The smallest absolute Gasteiger partial charge is 0.124 e. The van der Waals surface area contributed by atoms with Gasteiger partial charge in [-0.2, -0.15) is 0 Å². The molecule has 2 aromatic rings. The minimum absolute atomic E-state index is 0. The van der Waals surface area contributed by atoms with Gasteiger partial charge in [0.05, 0.1) is 0 Å². The molecule has 0 fully saturated rings. The molecule has 0 spiro atoms. The van der Waals surface area contributed by atoms with E-state index in [1.54, 1.807) is 36.7 Å². The second-order valence-electron chi connectivity index (χ2n) is 4.54. The average molecular weight is 349 g/mol. The van der Waals surface area contributed by atoms with E-state index < -0.39 is 0 Å². The molecular formula is C17H18CuN2O2. The molecule has 0 atom stereocenters. The molecule has 2 aromatic carbocycles. The van der Waals surface area contributed by atoms with E-state index in [1.807, 2.05) is 24.3 Å². The number of hydrogen-bond acceptors (Lipinski definition) is 4. The molecule has 2 rings (SSSR count). The summed E-state index contributed by atoms with van der Waals surface area (Å²) in [6, 6.07) is 14.2. The zero-order valence-corrected chi connectivity index (χ0v) is 12.9. The molecule has 0 amide bonds. The van der Waals surface area contributed by atoms with Crippen molar-refractivity contribution in [2.75, 3.05) is 13.1 Å². The molecule has 0 unspecified atom stereocenters. The summed E-state index contributed by atoms with van der Waals surface area (Å²) in [5, 5.41) is 19.1. The summed E-state index contributed by atoms with van der Waals surface area (Å²) in [4.78, 5) is 8.51. The SMILES string of the molecule is Oc1ccccc1C=NCCCN=Cc1ccccc1O.[67Cu]. The van der Waals surface area contributed by atoms with Gasteiger partial charge in [0.25, 0.3) is 0 Å². The molecule has 119 valence electrons. The minimum atomic E-state index is 0. The predicted molar refractivity (Wildman–Crippen MR) is 85.8 cm³/mol. The van der Waals surface area contributed by atoms with Crippen LogP contribution in [0, 0.1) is 0 Å². The molecule has 0 aliphatic carbocycles. The third kappa shape index (κ3) is 5.72. The molecule has 0 aromatic heterocycles. The average Bonchev–Trinajstić information content (AvgIpc) is 2.50. The Morgan fingerprint density at radius 1 is 0.727 bits per heavy atom. The van der Waals surface area contributed by atoms with Gasteiger partial charge in [0.2, 0.25) is 0 Å². The van der Waals surface area contributed by atoms with Crippen LogP contribution >= 0.6 is 0 Å². The van der Waals surface area contributed by atoms with E-state index in [2.05, 4.69) is 9.98 Å². The normalized spacial score (nSPS) is 10.9. The third-order valence-corrected chi connectivity index (χ3v) is 2.91. The maximum Gasteiger partial charge on any atom is 0.124 e. The molecule has 22 heavy (non-hydrogen) atoms. The van der Waals surface area contributed by atoms with Crippen LogP contribution in [-0.4, -0.2) is 35.7 Å². The fourth-order valence-corrected chi connectivity index (χ4v) is 1.77. The van der Waals surface area contributed by atoms with E-state index in [0.29, 0.717) is 13.1 Å². The molecule has 0 aliphatic heterocycles. The van der Waals surface area contributed by atoms with Crippen LogP contribution in [0.25, 0.3) is 0 Å². The number of nitrogens with zero attached hydrogens (tertiary/aromatic N) is 2. The van der Waals surface area contributed by atoms with Crippen LogP contribution < -0.4 is 0 Å². The molecule has 0 bridgehead atoms. The molecule has 0 saturated carbocycles. The molecule has 0 aliphatic rings. The van der Waals surface area contributed by atoms with Gasteiger partial charge >= 0.3 is 0 Å². The zero-order valence-electron chi connectivity index (χ0n) is 12.0. The summed E-state index contributed by atoms with van der Waals surface area (Å²) in [7, 11) is 0. The molecule has 2 N–H and O–H groups in total. The van der Waals surface area contributed by atoms with Gasteiger partial charge in [0.15, 0.2) is 0 Å². The Hall–Kier alpha value is -2.10. The number of benzene rings is 2. The standard InChI is InChI=1S/C17H18N2O2.Cu/c20-16-8-3-1-6-14(16)12-18-10-5-11-19-13-15-7-2-4-9-17(15)21;/h1-4,6-9,12-13,20-21H,5,10-11H2;/i;1+3. The van der Waals surface area contributed by atoms with Crippen LogP contribution in [0.2, 0.25) is 0 Å². The zero-order chi connectivity index (χ0) is 14.9. The van der Waals surface area contributed by atoms with Crippen molar-refractivity contribution in [3.05, 3.63) is 59.7 Å². The maximum absolute atomic E-state index is 9.56. The van der Waals surface area contributed by atoms with E-state index >= 15 is 0 Å². The Kier molecular flexibility index (Phi) is 7.97. The number of aromatic hydroxyl groups is 2. The number of aliphatic imine (C=N–C) groups is 2. The van der Waals surface area contributed by atoms with Crippen LogP contribution in [-0.2, 0) is 17.1 Å². The van der Waals surface area contributed by atoms with Crippen LogP contribution in [0.5, 0.6) is 11.5 Å². The second kappa shape index (κ2) is 9.77. The first kappa shape index (κ1) is 17.9. The molecule has 0 saturated heterocycles. The summed E-state index contributed by atoms with van der Waals surface area (Å²) < 4.78 is 0. The first-order valence-corrected chi connectivity index (χ1v) is 6.83. The first-order chi connectivity index (χ1) is 10.3. The van der Waals surface area contributed by atoms with Gasteiger partial charge in [0.1, 0.15) is 11.5 Å². The Labute approximate surface area is 140 Å². The number of phenols is 2. The van der Waals surface area contributed by atoms with Crippen molar-refractivity contribution in [3.8, 4) is 11.5 Å². The second-order valence-corrected chi connectivity index (χ2v) is 4.54. The fourth-order valence-electron chi connectivity index (χ4n) is 1.77. The van der Waals surface area contributed by atoms with E-state index in [4.69, 9.17) is 0 Å². The Bertz CT molecular complexity index is 587. The number of phenolic OH excluding ortho intramolecular Hbond substituents is 2. The van der Waals surface area contributed by atoms with E-state index in [0.717, 1.165) is 17.5 Å². The quantitative estimate of drug-likeness (QED) is 0.478. The van der Waals surface area contributed by atoms with Crippen LogP contribution in [0.4, 0.5) is 0 Å². The first-order valence-electron chi connectivity index (χ1n) is 6.83. The van der Waals surface area contributed by atoms with Gasteiger partial charge in [-0.1, -0.05) is 24.3 Å². The Morgan fingerprint density at radius 3 is 1.55 bits per heavy atom. The summed E-state index contributed by atoms with van der Waals surface area (Å²) in [5.41, 5.74) is 1.44. The summed E-state index contributed by atoms with van der Waals surface area (Å²) in [6.45, 7) is 1.29. The van der Waals surface area contributed by atoms with Crippen molar-refractivity contribution in [1.82, 2.24) is 0 Å². The number of rotatable bonds is 6. The van der Waals surface area contributed by atoms with Crippen molar-refractivity contribution in [3.63, 3.8) is 0 Å². The van der Waals surface area contributed by atoms with Crippen LogP contribution in [0.1, 0.15) is 17.5 Å². The number of hydrogen-bond donors (Lipinski definition) is 2. The van der Waals surface area contributed by atoms with Crippen molar-refractivity contribution >= 4 is 12.4 Å². The van der Waals surface area contributed by atoms with Crippen LogP contribution in [0.3, 0.4) is 0 Å². The predicted octanol–water partition coefficient (Wildman–Crippen LogP) is 3.02. The van der Waals surface area contributed by atoms with Crippen molar-refractivity contribution in [2.24, 2.45) is 9.98 Å². The molecule has 0 heterocycles. The topological polar surface area (TPSA) is 65.2 Å². The van der Waals surface area contributed by atoms with E-state index in [1.165, 1.54) is 0 Å². The van der Waals surface area contributed by atoms with Crippen molar-refractivity contribution in [2.45, 2.75) is 6.42 Å². The van der Waals surface area contributed by atoms with Gasteiger partial charge in [-0.15, -0.1) is 0 Å². The van der Waals surface area contributed by atoms with Gasteiger partial charge in [-0.05, 0) is 30.7 Å². The largest absolute Gasteiger partial charge is 0.507 e. The Morgan fingerprint density at radius 2 is 1.14 bits per heavy atom. The fraction of sp³-hybridized carbons (Fsp3) is 0.176. The number of para-hydroxylation sites is 2. The molecule has 4 nitrogen and oxygen atoms in total. The molecule has 1 radical (unpaired) electrons. The monoisotopic (exact) mass is 349 g/mol. The summed E-state index contributed by atoms with van der Waals surface area (Å²) >= 11 is 0. The maximum atomic E-state index is 9.56.